The van der Waals surface area contributed by atoms with Crippen LogP contribution in [0.2, 0.25) is 0 Å². The van der Waals surface area contributed by atoms with Crippen LogP contribution in [0.3, 0.4) is 0 Å². The molecule has 6 nitrogen and oxygen atoms in total. The van der Waals surface area contributed by atoms with Gasteiger partial charge in [0, 0.05) is 20.1 Å². The van der Waals surface area contributed by atoms with Crippen molar-refractivity contribution in [3.05, 3.63) is 30.3 Å². The van der Waals surface area contributed by atoms with E-state index in [1.54, 1.807) is 11.9 Å². The van der Waals surface area contributed by atoms with Crippen molar-refractivity contribution < 1.29 is 14.3 Å². The summed E-state index contributed by atoms with van der Waals surface area (Å²) in [7, 11) is 1.73. The molecule has 1 saturated heterocycles. The first-order chi connectivity index (χ1) is 9.66. The van der Waals surface area contributed by atoms with Crippen LogP contribution in [-0.4, -0.2) is 49.6 Å². The Kier molecular flexibility index (Phi) is 4.81. The standard InChI is InChI=1S/C14H19N3O3/c1-17(13(18)12-10-15-14(19)16-12)8-5-9-20-11-6-3-2-4-7-11/h2-4,6-7,12H,5,8-10H2,1H3,(H2,15,16,19)/t12-/m0/s1. The molecule has 0 bridgehead atoms. The number of nitrogens with zero attached hydrogens (tertiary/aromatic N) is 1. The van der Waals surface area contributed by atoms with Gasteiger partial charge in [-0.1, -0.05) is 18.2 Å². The predicted octanol–water partition coefficient (Wildman–Crippen LogP) is 0.595. The van der Waals surface area contributed by atoms with Gasteiger partial charge in [0.05, 0.1) is 6.61 Å². The molecule has 0 aromatic heterocycles. The minimum Gasteiger partial charge on any atom is -0.494 e. The number of nitrogens with one attached hydrogen (secondary N) is 2. The Morgan fingerprint density at radius 1 is 1.40 bits per heavy atom. The van der Waals surface area contributed by atoms with Crippen LogP contribution in [0.5, 0.6) is 5.75 Å². The lowest BCUT2D eigenvalue weighted by atomic mass is 10.2. The summed E-state index contributed by atoms with van der Waals surface area (Å²) in [6, 6.07) is 8.82. The predicted molar refractivity (Wildman–Crippen MR) is 74.5 cm³/mol. The molecule has 2 rings (SSSR count). The van der Waals surface area contributed by atoms with E-state index in [0.29, 0.717) is 19.7 Å². The molecule has 1 aliphatic heterocycles. The van der Waals surface area contributed by atoms with Gasteiger partial charge >= 0.3 is 6.03 Å². The number of benzene rings is 1. The van der Waals surface area contributed by atoms with Crippen molar-refractivity contribution >= 4 is 11.9 Å². The molecule has 1 aromatic rings. The molecule has 108 valence electrons. The molecule has 1 aliphatic rings. The van der Waals surface area contributed by atoms with Crippen LogP contribution in [0, 0.1) is 0 Å². The number of hydrogen-bond donors (Lipinski definition) is 2. The molecule has 1 heterocycles. The highest BCUT2D eigenvalue weighted by Gasteiger charge is 2.28. The quantitative estimate of drug-likeness (QED) is 0.748. The van der Waals surface area contributed by atoms with Gasteiger partial charge in [-0.05, 0) is 18.6 Å². The lowest BCUT2D eigenvalue weighted by Crippen LogP contribution is -2.44. The summed E-state index contributed by atoms with van der Waals surface area (Å²) < 4.78 is 5.56. The molecule has 1 atom stereocenters. The fourth-order valence-electron chi connectivity index (χ4n) is 1.99. The average molecular weight is 277 g/mol. The van der Waals surface area contributed by atoms with Crippen molar-refractivity contribution in [1.82, 2.24) is 15.5 Å². The third-order valence-corrected chi connectivity index (χ3v) is 3.10. The van der Waals surface area contributed by atoms with Crippen LogP contribution < -0.4 is 15.4 Å². The number of urea groups is 1. The summed E-state index contributed by atoms with van der Waals surface area (Å²) in [6.45, 7) is 1.50. The summed E-state index contributed by atoms with van der Waals surface area (Å²) in [5.74, 6) is 0.747. The van der Waals surface area contributed by atoms with E-state index >= 15 is 0 Å². The Morgan fingerprint density at radius 2 is 2.15 bits per heavy atom. The number of ether oxygens (including phenoxy) is 1. The maximum Gasteiger partial charge on any atom is 0.315 e. The van der Waals surface area contributed by atoms with Crippen LogP contribution in [0.4, 0.5) is 4.79 Å². The molecule has 2 N–H and O–H groups in total. The summed E-state index contributed by atoms with van der Waals surface area (Å²) in [4.78, 5) is 24.6. The summed E-state index contributed by atoms with van der Waals surface area (Å²) >= 11 is 0. The minimum atomic E-state index is -0.456. The maximum absolute atomic E-state index is 12.0. The Morgan fingerprint density at radius 3 is 2.80 bits per heavy atom. The first-order valence-corrected chi connectivity index (χ1v) is 6.64. The lowest BCUT2D eigenvalue weighted by Gasteiger charge is -2.20. The first-order valence-electron chi connectivity index (χ1n) is 6.64. The van der Waals surface area contributed by atoms with Gasteiger partial charge in [0.2, 0.25) is 5.91 Å². The third kappa shape index (κ3) is 3.88. The Hall–Kier alpha value is -2.24. The molecule has 6 heteroatoms. The molecule has 1 fully saturated rings. The zero-order valence-electron chi connectivity index (χ0n) is 11.5. The second-order valence-corrected chi connectivity index (χ2v) is 4.68. The molecule has 20 heavy (non-hydrogen) atoms. The zero-order chi connectivity index (χ0) is 14.4. The minimum absolute atomic E-state index is 0.0805. The highest BCUT2D eigenvalue weighted by Crippen LogP contribution is 2.08. The SMILES string of the molecule is CN(CCCOc1ccccc1)C(=O)[C@@H]1CNC(=O)N1. The molecular weight excluding hydrogens is 258 g/mol. The van der Waals surface area contributed by atoms with Crippen LogP contribution in [-0.2, 0) is 4.79 Å². The van der Waals surface area contributed by atoms with E-state index in [2.05, 4.69) is 10.6 Å². The molecule has 1 aromatic carbocycles. The van der Waals surface area contributed by atoms with Gasteiger partial charge in [0.15, 0.2) is 0 Å². The second-order valence-electron chi connectivity index (χ2n) is 4.68. The van der Waals surface area contributed by atoms with E-state index < -0.39 is 6.04 Å². The van der Waals surface area contributed by atoms with E-state index in [4.69, 9.17) is 4.74 Å². The Balaban J connectivity index is 1.66. The lowest BCUT2D eigenvalue weighted by molar-refractivity contribution is -0.131. The van der Waals surface area contributed by atoms with Crippen molar-refractivity contribution in [2.24, 2.45) is 0 Å². The monoisotopic (exact) mass is 277 g/mol. The summed E-state index contributed by atoms with van der Waals surface area (Å²) in [5.41, 5.74) is 0. The fourth-order valence-corrected chi connectivity index (χ4v) is 1.99. The number of para-hydroxylation sites is 1. The van der Waals surface area contributed by atoms with Gasteiger partial charge in [-0.15, -0.1) is 0 Å². The number of rotatable bonds is 6. The van der Waals surface area contributed by atoms with Gasteiger partial charge in [-0.3, -0.25) is 4.79 Å². The number of carbonyl (C=O) groups excluding carboxylic acids is 2. The molecule has 3 amide bonds. The van der Waals surface area contributed by atoms with Crippen LogP contribution in [0.25, 0.3) is 0 Å². The van der Waals surface area contributed by atoms with E-state index in [1.807, 2.05) is 30.3 Å². The van der Waals surface area contributed by atoms with Gasteiger partial charge in [-0.25, -0.2) is 4.79 Å². The second kappa shape index (κ2) is 6.79. The van der Waals surface area contributed by atoms with Crippen molar-refractivity contribution in [2.45, 2.75) is 12.5 Å². The average Bonchev–Trinajstić information content (AvgIpc) is 2.90. The summed E-state index contributed by atoms with van der Waals surface area (Å²) in [6.07, 6.45) is 0.741. The highest BCUT2D eigenvalue weighted by molar-refractivity contribution is 5.90. The molecule has 0 aliphatic carbocycles. The zero-order valence-corrected chi connectivity index (χ0v) is 11.5. The van der Waals surface area contributed by atoms with Gasteiger partial charge < -0.3 is 20.3 Å². The van der Waals surface area contributed by atoms with E-state index in [-0.39, 0.29) is 11.9 Å². The number of hydrogen-bond acceptors (Lipinski definition) is 3. The van der Waals surface area contributed by atoms with E-state index in [9.17, 15) is 9.59 Å². The van der Waals surface area contributed by atoms with Crippen LogP contribution >= 0.6 is 0 Å². The summed E-state index contributed by atoms with van der Waals surface area (Å²) in [5, 5.41) is 5.15. The van der Waals surface area contributed by atoms with Crippen LogP contribution in [0.1, 0.15) is 6.42 Å². The fraction of sp³-hybridized carbons (Fsp3) is 0.429. The number of amides is 3. The Labute approximate surface area is 118 Å². The van der Waals surface area contributed by atoms with Crippen molar-refractivity contribution in [3.63, 3.8) is 0 Å². The smallest absolute Gasteiger partial charge is 0.315 e. The Bertz CT molecular complexity index is 464. The topological polar surface area (TPSA) is 70.7 Å². The molecule has 0 saturated carbocycles. The highest BCUT2D eigenvalue weighted by atomic mass is 16.5. The van der Waals surface area contributed by atoms with E-state index in [0.717, 1.165) is 12.2 Å². The van der Waals surface area contributed by atoms with Crippen molar-refractivity contribution in [3.8, 4) is 5.75 Å². The van der Waals surface area contributed by atoms with Gasteiger partial charge in [0.25, 0.3) is 0 Å². The van der Waals surface area contributed by atoms with Gasteiger partial charge in [0.1, 0.15) is 11.8 Å². The van der Waals surface area contributed by atoms with Gasteiger partial charge in [-0.2, -0.15) is 0 Å². The molecule has 0 spiro atoms. The maximum atomic E-state index is 12.0. The first kappa shape index (κ1) is 14.2. The molecular formula is C14H19N3O3. The third-order valence-electron chi connectivity index (χ3n) is 3.10. The molecule has 0 radical (unpaired) electrons. The van der Waals surface area contributed by atoms with Crippen molar-refractivity contribution in [2.75, 3.05) is 26.7 Å². The van der Waals surface area contributed by atoms with E-state index in [1.165, 1.54) is 0 Å². The largest absolute Gasteiger partial charge is 0.494 e. The number of likely N-dealkylation sites (N-methyl/N-ethyl adjacent to an activating group) is 1. The van der Waals surface area contributed by atoms with Crippen molar-refractivity contribution in [1.29, 1.82) is 0 Å². The molecule has 0 unspecified atom stereocenters. The number of carbonyl (C=O) groups is 2. The van der Waals surface area contributed by atoms with Crippen LogP contribution in [0.15, 0.2) is 30.3 Å². The normalized spacial score (nSPS) is 17.2.